The van der Waals surface area contributed by atoms with Crippen LogP contribution >= 0.6 is 0 Å². The SMILES string of the molecule is CCOC[Si](C)(O[Si](C)(C)C)O[Si](C)(C)O[Si](C)(C)C. The van der Waals surface area contributed by atoms with Gasteiger partial charge < -0.3 is 17.1 Å². The maximum Gasteiger partial charge on any atom is 0.342 e. The molecule has 8 heteroatoms. The fourth-order valence-corrected chi connectivity index (χ4v) is 19.7. The van der Waals surface area contributed by atoms with Crippen molar-refractivity contribution in [3.8, 4) is 0 Å². The van der Waals surface area contributed by atoms with E-state index in [1.807, 2.05) is 6.92 Å². The van der Waals surface area contributed by atoms with Gasteiger partial charge >= 0.3 is 17.1 Å². The monoisotopic (exact) mass is 354 g/mol. The molecular weight excluding hydrogens is 320 g/mol. The summed E-state index contributed by atoms with van der Waals surface area (Å²) in [5, 5.41) is 0. The number of hydrogen-bond acceptors (Lipinski definition) is 4. The fourth-order valence-electron chi connectivity index (χ4n) is 2.29. The Morgan fingerprint density at radius 2 is 1.10 bits per heavy atom. The van der Waals surface area contributed by atoms with E-state index < -0.39 is 33.8 Å². The fraction of sp³-hybridized carbons (Fsp3) is 1.00. The Bertz CT molecular complexity index is 299. The van der Waals surface area contributed by atoms with Crippen molar-refractivity contribution in [1.29, 1.82) is 0 Å². The summed E-state index contributed by atoms with van der Waals surface area (Å²) >= 11 is 0. The third-order valence-electron chi connectivity index (χ3n) is 2.10. The molecule has 0 saturated heterocycles. The molecule has 0 bridgehead atoms. The van der Waals surface area contributed by atoms with Gasteiger partial charge in [-0.1, -0.05) is 0 Å². The summed E-state index contributed by atoms with van der Waals surface area (Å²) in [5.41, 5.74) is 0. The van der Waals surface area contributed by atoms with Crippen LogP contribution in [0.2, 0.25) is 58.9 Å². The van der Waals surface area contributed by atoms with Crippen LogP contribution in [0.1, 0.15) is 6.92 Å². The highest BCUT2D eigenvalue weighted by atomic mass is 28.5. The highest BCUT2D eigenvalue weighted by Crippen LogP contribution is 2.24. The molecular formula is C12H34O4Si4. The van der Waals surface area contributed by atoms with Gasteiger partial charge in [0.05, 0.1) is 6.23 Å². The van der Waals surface area contributed by atoms with Gasteiger partial charge in [0.25, 0.3) is 0 Å². The minimum Gasteiger partial charge on any atom is -0.437 e. The van der Waals surface area contributed by atoms with Crippen LogP contribution in [0.15, 0.2) is 0 Å². The minimum absolute atomic E-state index is 0.583. The molecule has 0 aliphatic heterocycles. The van der Waals surface area contributed by atoms with Crippen LogP contribution < -0.4 is 0 Å². The van der Waals surface area contributed by atoms with E-state index in [9.17, 15) is 0 Å². The third-order valence-corrected chi connectivity index (χ3v) is 15.1. The van der Waals surface area contributed by atoms with E-state index in [1.54, 1.807) is 0 Å². The maximum atomic E-state index is 6.46. The Labute approximate surface area is 129 Å². The zero-order valence-electron chi connectivity index (χ0n) is 15.0. The van der Waals surface area contributed by atoms with E-state index in [-0.39, 0.29) is 0 Å². The Morgan fingerprint density at radius 1 is 0.650 bits per heavy atom. The lowest BCUT2D eigenvalue weighted by Crippen LogP contribution is -2.59. The topological polar surface area (TPSA) is 36.9 Å². The van der Waals surface area contributed by atoms with Gasteiger partial charge in [0.1, 0.15) is 0 Å². The Balaban J connectivity index is 4.96. The molecule has 1 atom stereocenters. The first kappa shape index (κ1) is 20.7. The minimum atomic E-state index is -2.34. The second kappa shape index (κ2) is 7.31. The standard InChI is InChI=1S/C12H34O4Si4/c1-11-13-12-20(10,15-18(5,6)7)16-19(8,9)14-17(2,3)4/h11-12H2,1-10H3. The predicted octanol–water partition coefficient (Wildman–Crippen LogP) is 4.06. The maximum absolute atomic E-state index is 6.46. The van der Waals surface area contributed by atoms with Crippen molar-refractivity contribution in [2.45, 2.75) is 65.8 Å². The van der Waals surface area contributed by atoms with E-state index in [0.29, 0.717) is 12.8 Å². The van der Waals surface area contributed by atoms with Crippen LogP contribution in [0.4, 0.5) is 0 Å². The molecule has 0 aromatic rings. The first-order valence-electron chi connectivity index (χ1n) is 7.36. The molecule has 122 valence electrons. The lowest BCUT2D eigenvalue weighted by Gasteiger charge is -2.40. The molecule has 4 nitrogen and oxygen atoms in total. The van der Waals surface area contributed by atoms with Gasteiger partial charge in [0, 0.05) is 6.61 Å². The molecule has 0 rings (SSSR count). The first-order chi connectivity index (χ1) is 8.68. The van der Waals surface area contributed by atoms with E-state index in [2.05, 4.69) is 58.9 Å². The molecule has 0 amide bonds. The summed E-state index contributed by atoms with van der Waals surface area (Å²) in [6.45, 7) is 22.2. The van der Waals surface area contributed by atoms with Gasteiger partial charge in [0.2, 0.25) is 0 Å². The molecule has 0 radical (unpaired) electrons. The van der Waals surface area contributed by atoms with E-state index >= 15 is 0 Å². The smallest absolute Gasteiger partial charge is 0.342 e. The zero-order valence-corrected chi connectivity index (χ0v) is 19.0. The summed E-state index contributed by atoms with van der Waals surface area (Å²) < 4.78 is 24.8. The lowest BCUT2D eigenvalue weighted by molar-refractivity contribution is 0.158. The van der Waals surface area contributed by atoms with Crippen molar-refractivity contribution in [3.05, 3.63) is 0 Å². The molecule has 0 saturated carbocycles. The average Bonchev–Trinajstić information content (AvgIpc) is 2.05. The molecule has 0 spiro atoms. The van der Waals surface area contributed by atoms with Crippen LogP contribution in [-0.2, 0) is 17.1 Å². The van der Waals surface area contributed by atoms with Crippen LogP contribution in [0, 0.1) is 0 Å². The Kier molecular flexibility index (Phi) is 7.57. The zero-order chi connectivity index (χ0) is 16.2. The molecule has 0 aromatic carbocycles. The Morgan fingerprint density at radius 3 is 1.45 bits per heavy atom. The van der Waals surface area contributed by atoms with Crippen LogP contribution in [0.3, 0.4) is 0 Å². The average molecular weight is 355 g/mol. The molecule has 0 aromatic heterocycles. The van der Waals surface area contributed by atoms with Gasteiger partial charge in [0.15, 0.2) is 16.6 Å². The summed E-state index contributed by atoms with van der Waals surface area (Å²) in [7, 11) is -7.80. The summed E-state index contributed by atoms with van der Waals surface area (Å²) in [6.07, 6.45) is 0.583. The number of hydrogen-bond donors (Lipinski definition) is 0. The molecule has 20 heavy (non-hydrogen) atoms. The molecule has 0 aliphatic rings. The predicted molar refractivity (Wildman–Crippen MR) is 95.5 cm³/mol. The molecule has 0 N–H and O–H groups in total. The second-order valence-corrected chi connectivity index (χ2v) is 24.0. The van der Waals surface area contributed by atoms with Crippen LogP contribution in [-0.4, -0.2) is 46.6 Å². The highest BCUT2D eigenvalue weighted by molar-refractivity contribution is 6.89. The number of rotatable bonds is 9. The molecule has 0 heterocycles. The quantitative estimate of drug-likeness (QED) is 0.585. The summed E-state index contributed by atoms with van der Waals surface area (Å²) in [4.78, 5) is 0. The van der Waals surface area contributed by atoms with Crippen LogP contribution in [0.25, 0.3) is 0 Å². The summed E-state index contributed by atoms with van der Waals surface area (Å²) in [6, 6.07) is 0. The van der Waals surface area contributed by atoms with Crippen molar-refractivity contribution in [1.82, 2.24) is 0 Å². The third kappa shape index (κ3) is 10.4. The molecule has 0 aliphatic carbocycles. The number of ether oxygens (including phenoxy) is 1. The van der Waals surface area contributed by atoms with Gasteiger partial charge in [-0.15, -0.1) is 0 Å². The van der Waals surface area contributed by atoms with Gasteiger partial charge in [-0.05, 0) is 65.8 Å². The van der Waals surface area contributed by atoms with Crippen LogP contribution in [0.5, 0.6) is 0 Å². The van der Waals surface area contributed by atoms with E-state index in [1.165, 1.54) is 0 Å². The van der Waals surface area contributed by atoms with Crippen molar-refractivity contribution in [2.24, 2.45) is 0 Å². The van der Waals surface area contributed by atoms with Crippen molar-refractivity contribution in [2.75, 3.05) is 12.8 Å². The molecule has 0 fully saturated rings. The van der Waals surface area contributed by atoms with E-state index in [4.69, 9.17) is 17.1 Å². The normalized spacial score (nSPS) is 17.1. The first-order valence-corrected chi connectivity index (χ1v) is 19.5. The molecule has 1 unspecified atom stereocenters. The second-order valence-electron chi connectivity index (χ2n) is 7.70. The van der Waals surface area contributed by atoms with Crippen molar-refractivity contribution < 1.29 is 17.1 Å². The van der Waals surface area contributed by atoms with Crippen molar-refractivity contribution >= 4 is 33.8 Å². The van der Waals surface area contributed by atoms with Gasteiger partial charge in [-0.2, -0.15) is 0 Å². The Hall–Kier alpha value is 0.708. The van der Waals surface area contributed by atoms with Gasteiger partial charge in [-0.25, -0.2) is 0 Å². The lowest BCUT2D eigenvalue weighted by atomic mass is 10.9. The van der Waals surface area contributed by atoms with Crippen molar-refractivity contribution in [3.63, 3.8) is 0 Å². The highest BCUT2D eigenvalue weighted by Gasteiger charge is 2.44. The van der Waals surface area contributed by atoms with E-state index in [0.717, 1.165) is 0 Å². The largest absolute Gasteiger partial charge is 0.437 e. The van der Waals surface area contributed by atoms with Gasteiger partial charge in [-0.3, -0.25) is 0 Å². The summed E-state index contributed by atoms with van der Waals surface area (Å²) in [5.74, 6) is 0.